The number of piperidine rings is 1. The molecule has 1 aromatic rings. The van der Waals surface area contributed by atoms with Gasteiger partial charge < -0.3 is 10.0 Å². The molecule has 0 bridgehead atoms. The first-order chi connectivity index (χ1) is 9.30. The average Bonchev–Trinajstić information content (AvgIpc) is 2.38. The van der Waals surface area contributed by atoms with Crippen molar-refractivity contribution in [3.05, 3.63) is 39.4 Å². The van der Waals surface area contributed by atoms with Crippen molar-refractivity contribution in [2.24, 2.45) is 0 Å². The first kappa shape index (κ1) is 14.5. The topological polar surface area (TPSA) is 83.7 Å². The van der Waals surface area contributed by atoms with Crippen LogP contribution in [0.25, 0.3) is 0 Å². The molecule has 108 valence electrons. The Balaban J connectivity index is 2.21. The molecule has 6 heteroatoms. The van der Waals surface area contributed by atoms with Gasteiger partial charge in [0.15, 0.2) is 0 Å². The number of likely N-dealkylation sites (tertiary alicyclic amines) is 1. The number of hydrogen-bond acceptors (Lipinski definition) is 4. The van der Waals surface area contributed by atoms with Gasteiger partial charge in [-0.2, -0.15) is 0 Å². The number of hydrogen-bond donors (Lipinski definition) is 1. The number of carbonyl (C=O) groups excluding carboxylic acids is 1. The summed E-state index contributed by atoms with van der Waals surface area (Å²) in [4.78, 5) is 24.4. The molecule has 0 aromatic heterocycles. The van der Waals surface area contributed by atoms with E-state index in [1.165, 1.54) is 12.1 Å². The number of non-ortho nitro benzene ring substituents is 1. The summed E-state index contributed by atoms with van der Waals surface area (Å²) in [6.07, 6.45) is 1.04. The second kappa shape index (κ2) is 5.20. The average molecular weight is 278 g/mol. The van der Waals surface area contributed by atoms with Gasteiger partial charge in [0.1, 0.15) is 0 Å². The lowest BCUT2D eigenvalue weighted by molar-refractivity contribution is -0.384. The zero-order chi connectivity index (χ0) is 14.9. The molecule has 0 atom stereocenters. The van der Waals surface area contributed by atoms with Gasteiger partial charge in [0.2, 0.25) is 0 Å². The SMILES string of the molecule is Cc1ccc([N+](=O)[O-])cc1C(=O)N1CCC(C)(O)CC1. The van der Waals surface area contributed by atoms with Gasteiger partial charge in [0, 0.05) is 30.8 Å². The number of nitro groups is 1. The largest absolute Gasteiger partial charge is 0.390 e. The monoisotopic (exact) mass is 278 g/mol. The minimum atomic E-state index is -0.728. The van der Waals surface area contributed by atoms with Crippen molar-refractivity contribution in [2.75, 3.05) is 13.1 Å². The van der Waals surface area contributed by atoms with Crippen LogP contribution in [-0.2, 0) is 0 Å². The van der Waals surface area contributed by atoms with Crippen LogP contribution in [0.3, 0.4) is 0 Å². The van der Waals surface area contributed by atoms with Crippen LogP contribution in [0.4, 0.5) is 5.69 Å². The summed E-state index contributed by atoms with van der Waals surface area (Å²) in [5, 5.41) is 20.7. The lowest BCUT2D eigenvalue weighted by atomic mass is 9.93. The molecule has 6 nitrogen and oxygen atoms in total. The van der Waals surface area contributed by atoms with Gasteiger partial charge in [-0.3, -0.25) is 14.9 Å². The molecule has 1 aliphatic heterocycles. The Labute approximate surface area is 117 Å². The summed E-state index contributed by atoms with van der Waals surface area (Å²) in [5.74, 6) is -0.207. The highest BCUT2D eigenvalue weighted by Crippen LogP contribution is 2.24. The van der Waals surface area contributed by atoms with Crippen molar-refractivity contribution in [3.8, 4) is 0 Å². The maximum absolute atomic E-state index is 12.4. The van der Waals surface area contributed by atoms with E-state index in [2.05, 4.69) is 0 Å². The standard InChI is InChI=1S/C14H18N2O4/c1-10-3-4-11(16(19)20)9-12(10)13(17)15-7-5-14(2,18)6-8-15/h3-4,9,18H,5-8H2,1-2H3. The van der Waals surface area contributed by atoms with E-state index >= 15 is 0 Å². The van der Waals surface area contributed by atoms with Crippen molar-refractivity contribution in [1.29, 1.82) is 0 Å². The molecule has 0 radical (unpaired) electrons. The van der Waals surface area contributed by atoms with E-state index in [9.17, 15) is 20.0 Å². The van der Waals surface area contributed by atoms with Crippen LogP contribution < -0.4 is 0 Å². The predicted molar refractivity (Wildman–Crippen MR) is 73.6 cm³/mol. The van der Waals surface area contributed by atoms with Gasteiger partial charge in [-0.15, -0.1) is 0 Å². The Kier molecular flexibility index (Phi) is 3.76. The molecule has 1 aliphatic rings. The van der Waals surface area contributed by atoms with Crippen LogP contribution in [0.2, 0.25) is 0 Å². The molecular formula is C14H18N2O4. The zero-order valence-electron chi connectivity index (χ0n) is 11.6. The number of carbonyl (C=O) groups is 1. The molecule has 1 heterocycles. The lowest BCUT2D eigenvalue weighted by Gasteiger charge is -2.36. The molecule has 1 aromatic carbocycles. The molecule has 0 saturated carbocycles. The molecule has 20 heavy (non-hydrogen) atoms. The number of nitrogens with zero attached hydrogens (tertiary/aromatic N) is 2. The van der Waals surface area contributed by atoms with Crippen molar-refractivity contribution in [2.45, 2.75) is 32.3 Å². The Bertz CT molecular complexity index is 544. The van der Waals surface area contributed by atoms with Crippen LogP contribution in [0, 0.1) is 17.0 Å². The van der Waals surface area contributed by atoms with Crippen LogP contribution >= 0.6 is 0 Å². The highest BCUT2D eigenvalue weighted by Gasteiger charge is 2.30. The Morgan fingerprint density at radius 2 is 2.00 bits per heavy atom. The van der Waals surface area contributed by atoms with Gasteiger partial charge in [-0.05, 0) is 32.3 Å². The summed E-state index contributed by atoms with van der Waals surface area (Å²) >= 11 is 0. The van der Waals surface area contributed by atoms with Crippen molar-refractivity contribution >= 4 is 11.6 Å². The second-order valence-corrected chi connectivity index (χ2v) is 5.55. The van der Waals surface area contributed by atoms with E-state index in [0.717, 1.165) is 5.56 Å². The molecule has 1 amide bonds. The molecule has 1 N–H and O–H groups in total. The highest BCUT2D eigenvalue weighted by atomic mass is 16.6. The Morgan fingerprint density at radius 1 is 1.40 bits per heavy atom. The highest BCUT2D eigenvalue weighted by molar-refractivity contribution is 5.96. The first-order valence-corrected chi connectivity index (χ1v) is 6.57. The van der Waals surface area contributed by atoms with E-state index in [1.807, 2.05) is 0 Å². The molecule has 0 unspecified atom stereocenters. The van der Waals surface area contributed by atoms with Crippen LogP contribution in [0.15, 0.2) is 18.2 Å². The molecular weight excluding hydrogens is 260 g/mol. The van der Waals surface area contributed by atoms with Crippen molar-refractivity contribution in [3.63, 3.8) is 0 Å². The van der Waals surface area contributed by atoms with Crippen molar-refractivity contribution < 1.29 is 14.8 Å². The van der Waals surface area contributed by atoms with E-state index in [-0.39, 0.29) is 11.6 Å². The molecule has 0 aliphatic carbocycles. The quantitative estimate of drug-likeness (QED) is 0.661. The number of aliphatic hydroxyl groups is 1. The summed E-state index contributed by atoms with van der Waals surface area (Å²) in [6, 6.07) is 4.31. The number of benzene rings is 1. The first-order valence-electron chi connectivity index (χ1n) is 6.57. The van der Waals surface area contributed by atoms with Gasteiger partial charge in [0.25, 0.3) is 11.6 Å². The third-order valence-corrected chi connectivity index (χ3v) is 3.79. The fourth-order valence-electron chi connectivity index (χ4n) is 2.32. The minimum absolute atomic E-state index is 0.0806. The normalized spacial score (nSPS) is 17.9. The van der Waals surface area contributed by atoms with Gasteiger partial charge >= 0.3 is 0 Å². The number of aryl methyl sites for hydroxylation is 1. The number of nitro benzene ring substituents is 1. The van der Waals surface area contributed by atoms with E-state index in [1.54, 1.807) is 24.8 Å². The van der Waals surface area contributed by atoms with E-state index in [4.69, 9.17) is 0 Å². The Morgan fingerprint density at radius 3 is 2.55 bits per heavy atom. The smallest absolute Gasteiger partial charge is 0.270 e. The molecule has 1 fully saturated rings. The van der Waals surface area contributed by atoms with Crippen molar-refractivity contribution in [1.82, 2.24) is 4.90 Å². The van der Waals surface area contributed by atoms with Crippen LogP contribution in [-0.4, -0.2) is 39.5 Å². The lowest BCUT2D eigenvalue weighted by Crippen LogP contribution is -2.45. The predicted octanol–water partition coefficient (Wildman–Crippen LogP) is 1.89. The third kappa shape index (κ3) is 2.96. The number of rotatable bonds is 2. The Hall–Kier alpha value is -1.95. The minimum Gasteiger partial charge on any atom is -0.390 e. The zero-order valence-corrected chi connectivity index (χ0v) is 11.6. The molecule has 1 saturated heterocycles. The number of amides is 1. The third-order valence-electron chi connectivity index (χ3n) is 3.79. The summed E-state index contributed by atoms with van der Waals surface area (Å²) < 4.78 is 0. The maximum Gasteiger partial charge on any atom is 0.270 e. The summed E-state index contributed by atoms with van der Waals surface area (Å²) in [5.41, 5.74) is 0.274. The fraction of sp³-hybridized carbons (Fsp3) is 0.500. The van der Waals surface area contributed by atoms with Gasteiger partial charge in [-0.1, -0.05) is 6.07 Å². The van der Waals surface area contributed by atoms with Gasteiger partial charge in [0.05, 0.1) is 10.5 Å². The molecule has 0 spiro atoms. The van der Waals surface area contributed by atoms with Crippen LogP contribution in [0.5, 0.6) is 0 Å². The van der Waals surface area contributed by atoms with E-state index < -0.39 is 10.5 Å². The molecule has 2 rings (SSSR count). The summed E-state index contributed by atoms with van der Waals surface area (Å²) in [6.45, 7) is 4.45. The van der Waals surface area contributed by atoms with Crippen LogP contribution in [0.1, 0.15) is 35.7 Å². The van der Waals surface area contributed by atoms with E-state index in [0.29, 0.717) is 31.5 Å². The maximum atomic E-state index is 12.4. The van der Waals surface area contributed by atoms with Gasteiger partial charge in [-0.25, -0.2) is 0 Å². The fourth-order valence-corrected chi connectivity index (χ4v) is 2.32. The second-order valence-electron chi connectivity index (χ2n) is 5.55. The summed E-state index contributed by atoms with van der Waals surface area (Å²) in [7, 11) is 0.